The van der Waals surface area contributed by atoms with E-state index in [1.807, 2.05) is 0 Å². The highest BCUT2D eigenvalue weighted by Crippen LogP contribution is 2.22. The maximum absolute atomic E-state index is 9.54. The molecule has 24 heavy (non-hydrogen) atoms. The second kappa shape index (κ2) is 12.6. The first-order valence-corrected chi connectivity index (χ1v) is 9.73. The molecule has 0 aromatic heterocycles. The van der Waals surface area contributed by atoms with Crippen LogP contribution in [0.5, 0.6) is 0 Å². The largest absolute Gasteiger partial charge is 0.192 e. The van der Waals surface area contributed by atoms with Gasteiger partial charge in [-0.3, -0.25) is 0 Å². The van der Waals surface area contributed by atoms with Crippen LogP contribution in [0.4, 0.5) is 0 Å². The van der Waals surface area contributed by atoms with E-state index in [4.69, 9.17) is 0 Å². The zero-order chi connectivity index (χ0) is 17.6. The lowest BCUT2D eigenvalue weighted by Crippen LogP contribution is -2.00. The highest BCUT2D eigenvalue weighted by Gasteiger charge is 2.12. The summed E-state index contributed by atoms with van der Waals surface area (Å²) >= 11 is 0. The Labute approximate surface area is 148 Å². The van der Waals surface area contributed by atoms with E-state index < -0.39 is 0 Å². The van der Waals surface area contributed by atoms with E-state index in [1.165, 1.54) is 51.4 Å². The standard InChI is InChI=1S/C22H32N2/c1-3-5-7-9-11-13-19-15-16-20(14-12-10-8-6-4-2)22(18-24)21(19)17-23/h15-16H,3-14H2,1-2H3. The summed E-state index contributed by atoms with van der Waals surface area (Å²) in [6, 6.07) is 8.76. The normalized spacial score (nSPS) is 10.3. The Kier molecular flexibility index (Phi) is 10.6. The van der Waals surface area contributed by atoms with Crippen LogP contribution in [0, 0.1) is 22.7 Å². The lowest BCUT2D eigenvalue weighted by molar-refractivity contribution is 0.629. The van der Waals surface area contributed by atoms with E-state index in [2.05, 4.69) is 38.1 Å². The molecule has 0 unspecified atom stereocenters. The van der Waals surface area contributed by atoms with E-state index >= 15 is 0 Å². The van der Waals surface area contributed by atoms with Crippen molar-refractivity contribution in [2.24, 2.45) is 0 Å². The fourth-order valence-corrected chi connectivity index (χ4v) is 3.20. The molecule has 0 saturated heterocycles. The fourth-order valence-electron chi connectivity index (χ4n) is 3.20. The van der Waals surface area contributed by atoms with E-state index in [-0.39, 0.29) is 0 Å². The Balaban J connectivity index is 2.69. The molecule has 0 aliphatic carbocycles. The quantitative estimate of drug-likeness (QED) is 0.414. The molecule has 0 atom stereocenters. The number of hydrogen-bond acceptors (Lipinski definition) is 2. The van der Waals surface area contributed by atoms with Crippen molar-refractivity contribution in [2.75, 3.05) is 0 Å². The molecular weight excluding hydrogens is 292 g/mol. The molecule has 2 heteroatoms. The first kappa shape index (κ1) is 20.2. The Hall–Kier alpha value is -1.80. The predicted molar refractivity (Wildman–Crippen MR) is 101 cm³/mol. The maximum atomic E-state index is 9.54. The van der Waals surface area contributed by atoms with Crippen LogP contribution in [-0.2, 0) is 12.8 Å². The summed E-state index contributed by atoms with van der Waals surface area (Å²) in [5.41, 5.74) is 3.36. The van der Waals surface area contributed by atoms with Gasteiger partial charge in [0.25, 0.3) is 0 Å². The van der Waals surface area contributed by atoms with Gasteiger partial charge < -0.3 is 0 Å². The lowest BCUT2D eigenvalue weighted by Gasteiger charge is -2.10. The predicted octanol–water partition coefficient (Wildman–Crippen LogP) is 6.46. The monoisotopic (exact) mass is 324 g/mol. The molecule has 0 heterocycles. The third-order valence-corrected chi connectivity index (χ3v) is 4.70. The van der Waals surface area contributed by atoms with Gasteiger partial charge in [-0.25, -0.2) is 0 Å². The Morgan fingerprint density at radius 2 is 1.00 bits per heavy atom. The summed E-state index contributed by atoms with van der Waals surface area (Å²) in [6.45, 7) is 4.43. The van der Waals surface area contributed by atoms with Gasteiger partial charge in [0.15, 0.2) is 0 Å². The third-order valence-electron chi connectivity index (χ3n) is 4.70. The van der Waals surface area contributed by atoms with Crippen LogP contribution >= 0.6 is 0 Å². The van der Waals surface area contributed by atoms with Gasteiger partial charge in [0.2, 0.25) is 0 Å². The van der Waals surface area contributed by atoms with Gasteiger partial charge in [-0.15, -0.1) is 0 Å². The first-order chi connectivity index (χ1) is 11.8. The maximum Gasteiger partial charge on any atom is 0.101 e. The second-order valence-corrected chi connectivity index (χ2v) is 6.69. The van der Waals surface area contributed by atoms with Gasteiger partial charge in [0, 0.05) is 0 Å². The highest BCUT2D eigenvalue weighted by molar-refractivity contribution is 5.54. The summed E-state index contributed by atoms with van der Waals surface area (Å²) in [5.74, 6) is 0. The number of unbranched alkanes of at least 4 members (excludes halogenated alkanes) is 8. The van der Waals surface area contributed by atoms with Crippen LogP contribution in [0.3, 0.4) is 0 Å². The lowest BCUT2D eigenvalue weighted by atomic mass is 9.91. The van der Waals surface area contributed by atoms with Gasteiger partial charge in [0.1, 0.15) is 12.1 Å². The van der Waals surface area contributed by atoms with Gasteiger partial charge >= 0.3 is 0 Å². The van der Waals surface area contributed by atoms with Crippen molar-refractivity contribution in [1.29, 1.82) is 10.5 Å². The number of hydrogen-bond donors (Lipinski definition) is 0. The smallest absolute Gasteiger partial charge is 0.101 e. The number of benzene rings is 1. The second-order valence-electron chi connectivity index (χ2n) is 6.69. The molecule has 0 aliphatic rings. The van der Waals surface area contributed by atoms with Gasteiger partial charge in [-0.1, -0.05) is 77.3 Å². The average Bonchev–Trinajstić information content (AvgIpc) is 2.61. The van der Waals surface area contributed by atoms with Crippen LogP contribution in [-0.4, -0.2) is 0 Å². The molecule has 130 valence electrons. The molecule has 1 aromatic carbocycles. The molecule has 0 fully saturated rings. The summed E-state index contributed by atoms with van der Waals surface area (Å²) in [7, 11) is 0. The Morgan fingerprint density at radius 1 is 0.625 bits per heavy atom. The van der Waals surface area contributed by atoms with Crippen molar-refractivity contribution in [3.63, 3.8) is 0 Å². The minimum absolute atomic E-state index is 0.624. The van der Waals surface area contributed by atoms with E-state index in [1.54, 1.807) is 0 Å². The number of nitriles is 2. The summed E-state index contributed by atoms with van der Waals surface area (Å²) < 4.78 is 0. The molecule has 1 aromatic rings. The van der Waals surface area contributed by atoms with E-state index in [0.717, 1.165) is 36.8 Å². The van der Waals surface area contributed by atoms with Crippen LogP contribution in [0.15, 0.2) is 12.1 Å². The molecule has 0 spiro atoms. The van der Waals surface area contributed by atoms with E-state index in [0.29, 0.717) is 11.1 Å². The third kappa shape index (κ3) is 6.76. The van der Waals surface area contributed by atoms with Crippen LogP contribution in [0.25, 0.3) is 0 Å². The van der Waals surface area contributed by atoms with Gasteiger partial charge in [-0.05, 0) is 36.8 Å². The van der Waals surface area contributed by atoms with Gasteiger partial charge in [-0.2, -0.15) is 10.5 Å². The zero-order valence-corrected chi connectivity index (χ0v) is 15.5. The van der Waals surface area contributed by atoms with Crippen LogP contribution in [0.2, 0.25) is 0 Å². The van der Waals surface area contributed by atoms with E-state index in [9.17, 15) is 10.5 Å². The fraction of sp³-hybridized carbons (Fsp3) is 0.636. The Bertz CT molecular complexity index is 510. The SMILES string of the molecule is CCCCCCCc1ccc(CCCCCCC)c(C#N)c1C#N. The van der Waals surface area contributed by atoms with Crippen LogP contribution < -0.4 is 0 Å². The average molecular weight is 325 g/mol. The molecular formula is C22H32N2. The van der Waals surface area contributed by atoms with Crippen molar-refractivity contribution in [3.05, 3.63) is 34.4 Å². The molecule has 1 rings (SSSR count). The molecule has 0 N–H and O–H groups in total. The Morgan fingerprint density at radius 3 is 1.33 bits per heavy atom. The zero-order valence-electron chi connectivity index (χ0n) is 15.5. The molecule has 0 amide bonds. The highest BCUT2D eigenvalue weighted by atomic mass is 14.3. The van der Waals surface area contributed by atoms with Crippen molar-refractivity contribution < 1.29 is 0 Å². The molecule has 2 nitrogen and oxygen atoms in total. The molecule has 0 radical (unpaired) electrons. The minimum atomic E-state index is 0.624. The number of aryl methyl sites for hydroxylation is 2. The van der Waals surface area contributed by atoms with Crippen molar-refractivity contribution in [1.82, 2.24) is 0 Å². The number of rotatable bonds is 12. The number of nitrogens with zero attached hydrogens (tertiary/aromatic N) is 2. The van der Waals surface area contributed by atoms with Crippen molar-refractivity contribution >= 4 is 0 Å². The van der Waals surface area contributed by atoms with Crippen LogP contribution in [0.1, 0.15) is 100 Å². The molecule has 0 saturated carbocycles. The van der Waals surface area contributed by atoms with Crippen molar-refractivity contribution in [3.8, 4) is 12.1 Å². The molecule has 0 bridgehead atoms. The van der Waals surface area contributed by atoms with Crippen molar-refractivity contribution in [2.45, 2.75) is 90.9 Å². The summed E-state index contributed by atoms with van der Waals surface area (Å²) in [4.78, 5) is 0. The summed E-state index contributed by atoms with van der Waals surface area (Å²) in [6.07, 6.45) is 14.0. The topological polar surface area (TPSA) is 47.6 Å². The molecule has 0 aliphatic heterocycles. The first-order valence-electron chi connectivity index (χ1n) is 9.73. The minimum Gasteiger partial charge on any atom is -0.192 e. The summed E-state index contributed by atoms with van der Waals surface area (Å²) in [5, 5.41) is 19.1. The van der Waals surface area contributed by atoms with Gasteiger partial charge in [0.05, 0.1) is 11.1 Å².